The van der Waals surface area contributed by atoms with Crippen molar-refractivity contribution >= 4 is 17.4 Å². The Hall–Kier alpha value is -4.06. The van der Waals surface area contributed by atoms with Crippen molar-refractivity contribution < 1.29 is 24.2 Å². The summed E-state index contributed by atoms with van der Waals surface area (Å²) >= 11 is 0. The van der Waals surface area contributed by atoms with E-state index in [0.29, 0.717) is 23.0 Å². The number of ether oxygens (including phenoxy) is 2. The highest BCUT2D eigenvalue weighted by molar-refractivity contribution is 6.46. The van der Waals surface area contributed by atoms with Gasteiger partial charge < -0.3 is 19.5 Å². The van der Waals surface area contributed by atoms with Crippen LogP contribution in [0.5, 0.6) is 11.5 Å². The molecule has 0 radical (unpaired) electrons. The molecule has 4 rings (SSSR count). The number of ketones is 1. The normalized spacial score (nSPS) is 17.1. The van der Waals surface area contributed by atoms with Crippen LogP contribution in [-0.4, -0.2) is 34.9 Å². The molecular weight excluding hydrogens is 466 g/mol. The van der Waals surface area contributed by atoms with Crippen molar-refractivity contribution in [2.75, 3.05) is 7.11 Å². The van der Waals surface area contributed by atoms with Gasteiger partial charge >= 0.3 is 0 Å². The first-order valence-corrected chi connectivity index (χ1v) is 12.5. The molecule has 37 heavy (non-hydrogen) atoms. The number of hydrogen-bond acceptors (Lipinski definition) is 5. The lowest BCUT2D eigenvalue weighted by molar-refractivity contribution is -0.140. The van der Waals surface area contributed by atoms with Crippen LogP contribution in [0, 0.1) is 0 Å². The Morgan fingerprint density at radius 3 is 2.16 bits per heavy atom. The van der Waals surface area contributed by atoms with Crippen LogP contribution in [0.2, 0.25) is 0 Å². The maximum atomic E-state index is 13.4. The Bertz CT molecular complexity index is 1310. The molecule has 0 bridgehead atoms. The Kier molecular flexibility index (Phi) is 7.67. The van der Waals surface area contributed by atoms with E-state index in [4.69, 9.17) is 9.47 Å². The molecule has 1 aliphatic heterocycles. The lowest BCUT2D eigenvalue weighted by atomic mass is 9.93. The number of hydrogen-bond donors (Lipinski definition) is 1. The highest BCUT2D eigenvalue weighted by atomic mass is 16.5. The van der Waals surface area contributed by atoms with Crippen molar-refractivity contribution in [3.05, 3.63) is 101 Å². The van der Waals surface area contributed by atoms with Gasteiger partial charge in [0.25, 0.3) is 11.7 Å². The monoisotopic (exact) mass is 499 g/mol. The third-order valence-corrected chi connectivity index (χ3v) is 6.49. The number of rotatable bonds is 8. The second-order valence-electron chi connectivity index (χ2n) is 9.75. The number of nitrogens with zero attached hydrogens (tertiary/aromatic N) is 1. The third kappa shape index (κ3) is 5.38. The van der Waals surface area contributed by atoms with Gasteiger partial charge in [-0.25, -0.2) is 0 Å². The summed E-state index contributed by atoms with van der Waals surface area (Å²) < 4.78 is 11.2. The van der Waals surface area contributed by atoms with Crippen molar-refractivity contribution in [3.63, 3.8) is 0 Å². The van der Waals surface area contributed by atoms with Gasteiger partial charge in [-0.3, -0.25) is 9.59 Å². The van der Waals surface area contributed by atoms with Crippen molar-refractivity contribution in [2.45, 2.75) is 52.3 Å². The summed E-state index contributed by atoms with van der Waals surface area (Å²) in [5.41, 5.74) is 3.17. The Morgan fingerprint density at radius 1 is 0.919 bits per heavy atom. The number of carbonyl (C=O) groups excluding carboxylic acids is 2. The lowest BCUT2D eigenvalue weighted by Crippen LogP contribution is -2.29. The first-order valence-electron chi connectivity index (χ1n) is 12.5. The number of aliphatic hydroxyl groups excluding tert-OH is 1. The van der Waals surface area contributed by atoms with Crippen LogP contribution in [0.15, 0.2) is 78.4 Å². The molecule has 1 aliphatic rings. The van der Waals surface area contributed by atoms with Gasteiger partial charge in [0.1, 0.15) is 17.3 Å². The minimum atomic E-state index is -0.752. The molecule has 1 unspecified atom stereocenters. The lowest BCUT2D eigenvalue weighted by Gasteiger charge is -2.26. The van der Waals surface area contributed by atoms with Crippen molar-refractivity contribution in [2.24, 2.45) is 0 Å². The SMILES string of the molecule is COc1ccccc1CN1C(=O)C(=O)/C(=C(/O)c2ccc(OC(C)C)cc2)C1c1ccc(C(C)C)cc1. The Balaban J connectivity index is 1.82. The van der Waals surface area contributed by atoms with Gasteiger partial charge in [-0.15, -0.1) is 0 Å². The molecule has 1 heterocycles. The van der Waals surface area contributed by atoms with Gasteiger partial charge in [0.2, 0.25) is 0 Å². The molecule has 6 heteroatoms. The van der Waals surface area contributed by atoms with Gasteiger partial charge in [0, 0.05) is 11.1 Å². The molecule has 0 saturated carbocycles. The van der Waals surface area contributed by atoms with Crippen molar-refractivity contribution in [3.8, 4) is 11.5 Å². The number of likely N-dealkylation sites (tertiary alicyclic amines) is 1. The van der Waals surface area contributed by atoms with E-state index in [1.807, 2.05) is 62.4 Å². The van der Waals surface area contributed by atoms with E-state index in [9.17, 15) is 14.7 Å². The second kappa shape index (κ2) is 10.9. The zero-order valence-corrected chi connectivity index (χ0v) is 21.9. The number of methoxy groups -OCH3 is 1. The van der Waals surface area contributed by atoms with Crippen molar-refractivity contribution in [1.29, 1.82) is 0 Å². The van der Waals surface area contributed by atoms with Crippen LogP contribution < -0.4 is 9.47 Å². The molecule has 0 aliphatic carbocycles. The summed E-state index contributed by atoms with van der Waals surface area (Å²) in [6.07, 6.45) is 0.00793. The molecule has 1 amide bonds. The van der Waals surface area contributed by atoms with Crippen LogP contribution in [0.4, 0.5) is 0 Å². The average Bonchev–Trinajstić information content (AvgIpc) is 3.13. The fourth-order valence-electron chi connectivity index (χ4n) is 4.59. The maximum absolute atomic E-state index is 13.4. The quantitative estimate of drug-likeness (QED) is 0.226. The van der Waals surface area contributed by atoms with Gasteiger partial charge in [-0.2, -0.15) is 0 Å². The predicted octanol–water partition coefficient (Wildman–Crippen LogP) is 6.23. The maximum Gasteiger partial charge on any atom is 0.295 e. The summed E-state index contributed by atoms with van der Waals surface area (Å²) in [4.78, 5) is 28.2. The summed E-state index contributed by atoms with van der Waals surface area (Å²) in [5.74, 6) is 0.0245. The van der Waals surface area contributed by atoms with Crippen LogP contribution in [0.3, 0.4) is 0 Å². The van der Waals surface area contributed by atoms with E-state index < -0.39 is 17.7 Å². The molecule has 1 fully saturated rings. The molecule has 1 N–H and O–H groups in total. The van der Waals surface area contributed by atoms with Crippen LogP contribution in [0.1, 0.15) is 61.9 Å². The fourth-order valence-corrected chi connectivity index (χ4v) is 4.59. The number of amides is 1. The average molecular weight is 500 g/mol. The molecule has 1 saturated heterocycles. The van der Waals surface area contributed by atoms with E-state index >= 15 is 0 Å². The predicted molar refractivity (Wildman–Crippen MR) is 144 cm³/mol. The molecule has 192 valence electrons. The first-order chi connectivity index (χ1) is 17.7. The Labute approximate surface area is 218 Å². The van der Waals surface area contributed by atoms with E-state index in [-0.39, 0.29) is 24.0 Å². The smallest absolute Gasteiger partial charge is 0.295 e. The van der Waals surface area contributed by atoms with Gasteiger partial charge in [-0.1, -0.05) is 56.3 Å². The molecule has 1 atom stereocenters. The van der Waals surface area contributed by atoms with Gasteiger partial charge in [-0.05, 0) is 61.2 Å². The number of benzene rings is 3. The standard InChI is InChI=1S/C31H33NO5/c1-19(2)21-10-12-22(13-11-21)28-27(29(33)23-14-16-25(17-15-23)37-20(3)4)30(34)31(35)32(28)18-24-8-6-7-9-26(24)36-5/h6-17,19-20,28,33H,18H2,1-5H3/b29-27+. The largest absolute Gasteiger partial charge is 0.507 e. The molecule has 0 spiro atoms. The topological polar surface area (TPSA) is 76.1 Å². The number of carbonyl (C=O) groups is 2. The zero-order valence-electron chi connectivity index (χ0n) is 21.9. The molecular formula is C31H33NO5. The summed E-state index contributed by atoms with van der Waals surface area (Å²) in [7, 11) is 1.57. The first kappa shape index (κ1) is 26.0. The van der Waals surface area contributed by atoms with Gasteiger partial charge in [0.05, 0.1) is 31.4 Å². The third-order valence-electron chi connectivity index (χ3n) is 6.49. The van der Waals surface area contributed by atoms with E-state index in [1.54, 1.807) is 31.4 Å². The van der Waals surface area contributed by atoms with Gasteiger partial charge in [0.15, 0.2) is 0 Å². The highest BCUT2D eigenvalue weighted by Crippen LogP contribution is 2.41. The molecule has 6 nitrogen and oxygen atoms in total. The van der Waals surface area contributed by atoms with E-state index in [1.165, 1.54) is 4.90 Å². The van der Waals surface area contributed by atoms with E-state index in [0.717, 1.165) is 16.7 Å². The minimum absolute atomic E-state index is 0.00793. The summed E-state index contributed by atoms with van der Waals surface area (Å²) in [5, 5.41) is 11.4. The van der Waals surface area contributed by atoms with Crippen molar-refractivity contribution in [1.82, 2.24) is 4.90 Å². The highest BCUT2D eigenvalue weighted by Gasteiger charge is 2.46. The summed E-state index contributed by atoms with van der Waals surface area (Å²) in [6, 6.07) is 21.4. The fraction of sp³-hybridized carbons (Fsp3) is 0.290. The molecule has 0 aromatic heterocycles. The zero-order chi connectivity index (χ0) is 26.7. The Morgan fingerprint density at radius 2 is 1.57 bits per heavy atom. The number of Topliss-reactive ketones (excluding diaryl/α,β-unsaturated/α-hetero) is 1. The van der Waals surface area contributed by atoms with Crippen LogP contribution in [0.25, 0.3) is 5.76 Å². The van der Waals surface area contributed by atoms with Crippen LogP contribution in [-0.2, 0) is 16.1 Å². The summed E-state index contributed by atoms with van der Waals surface area (Å²) in [6.45, 7) is 8.23. The van der Waals surface area contributed by atoms with E-state index in [2.05, 4.69) is 13.8 Å². The molecule has 3 aromatic rings. The minimum Gasteiger partial charge on any atom is -0.507 e. The second-order valence-corrected chi connectivity index (χ2v) is 9.75. The number of aliphatic hydroxyl groups is 1. The van der Waals surface area contributed by atoms with Crippen LogP contribution >= 0.6 is 0 Å². The molecule has 3 aromatic carbocycles. The number of para-hydroxylation sites is 1.